The summed E-state index contributed by atoms with van der Waals surface area (Å²) < 4.78 is 0.460. The highest BCUT2D eigenvalue weighted by molar-refractivity contribution is 8.01. The summed E-state index contributed by atoms with van der Waals surface area (Å²) in [5.74, 6) is -1.47. The van der Waals surface area contributed by atoms with Gasteiger partial charge in [-0.2, -0.15) is 0 Å². The number of benzene rings is 1. The summed E-state index contributed by atoms with van der Waals surface area (Å²) in [5.41, 5.74) is 0.333. The Balaban J connectivity index is 2.02. The van der Waals surface area contributed by atoms with Crippen LogP contribution in [0, 0.1) is 0 Å². The number of anilines is 1. The molecule has 10 heteroatoms. The van der Waals surface area contributed by atoms with Crippen LogP contribution in [0.1, 0.15) is 10.4 Å². The Hall–Kier alpha value is -1.35. The van der Waals surface area contributed by atoms with Crippen LogP contribution in [0.25, 0.3) is 0 Å². The molecule has 110 valence electrons. The van der Waals surface area contributed by atoms with Crippen LogP contribution >= 0.6 is 46.3 Å². The fourth-order valence-electron chi connectivity index (χ4n) is 1.25. The molecule has 21 heavy (non-hydrogen) atoms. The molecule has 1 aromatic heterocycles. The van der Waals surface area contributed by atoms with E-state index < -0.39 is 11.9 Å². The van der Waals surface area contributed by atoms with Crippen molar-refractivity contribution in [3.8, 4) is 0 Å². The fraction of sp³-hybridized carbons (Fsp3) is 0.0909. The molecule has 0 aliphatic heterocycles. The molecular weight excluding hydrogens is 357 g/mol. The van der Waals surface area contributed by atoms with Crippen LogP contribution in [-0.2, 0) is 4.79 Å². The van der Waals surface area contributed by atoms with Gasteiger partial charge in [0.25, 0.3) is 5.91 Å². The molecule has 1 aromatic carbocycles. The molecule has 0 saturated carbocycles. The van der Waals surface area contributed by atoms with Crippen molar-refractivity contribution in [2.75, 3.05) is 11.1 Å². The highest BCUT2D eigenvalue weighted by Crippen LogP contribution is 2.26. The van der Waals surface area contributed by atoms with Gasteiger partial charge in [0.15, 0.2) is 4.34 Å². The first-order valence-electron chi connectivity index (χ1n) is 5.40. The number of aliphatic carboxylic acids is 1. The summed E-state index contributed by atoms with van der Waals surface area (Å²) in [6.07, 6.45) is 0. The van der Waals surface area contributed by atoms with Gasteiger partial charge in [-0.1, -0.05) is 46.3 Å². The van der Waals surface area contributed by atoms with Gasteiger partial charge in [0, 0.05) is 5.56 Å². The van der Waals surface area contributed by atoms with Crippen molar-refractivity contribution in [3.63, 3.8) is 0 Å². The minimum atomic E-state index is -0.948. The van der Waals surface area contributed by atoms with Gasteiger partial charge >= 0.3 is 5.97 Å². The van der Waals surface area contributed by atoms with E-state index in [-0.39, 0.29) is 15.9 Å². The van der Waals surface area contributed by atoms with Crippen LogP contribution in [0.15, 0.2) is 22.5 Å². The maximum atomic E-state index is 12.0. The summed E-state index contributed by atoms with van der Waals surface area (Å²) in [7, 11) is 0. The SMILES string of the molecule is O=C(O)CSc1nnc(NC(=O)c2ccc(Cl)c(Cl)c2)s1. The van der Waals surface area contributed by atoms with Gasteiger partial charge in [0.1, 0.15) is 0 Å². The second kappa shape index (κ2) is 7.08. The summed E-state index contributed by atoms with van der Waals surface area (Å²) in [6, 6.07) is 4.50. The van der Waals surface area contributed by atoms with Crippen molar-refractivity contribution in [2.24, 2.45) is 0 Å². The molecule has 2 aromatic rings. The number of thioether (sulfide) groups is 1. The number of carbonyl (C=O) groups excluding carboxylic acids is 1. The molecule has 2 rings (SSSR count). The molecule has 0 radical (unpaired) electrons. The number of nitrogens with zero attached hydrogens (tertiary/aromatic N) is 2. The number of aromatic nitrogens is 2. The number of hydrogen-bond donors (Lipinski definition) is 2. The molecule has 2 N–H and O–H groups in total. The van der Waals surface area contributed by atoms with Crippen molar-refractivity contribution in [3.05, 3.63) is 33.8 Å². The molecule has 0 atom stereocenters. The first kappa shape index (κ1) is 16.0. The summed E-state index contributed by atoms with van der Waals surface area (Å²) >= 11 is 13.7. The van der Waals surface area contributed by atoms with E-state index in [0.29, 0.717) is 14.9 Å². The summed E-state index contributed by atoms with van der Waals surface area (Å²) in [4.78, 5) is 22.4. The van der Waals surface area contributed by atoms with Crippen molar-refractivity contribution in [1.82, 2.24) is 10.2 Å². The topological polar surface area (TPSA) is 92.2 Å². The predicted molar refractivity (Wildman–Crippen MR) is 82.7 cm³/mol. The second-order valence-corrected chi connectivity index (χ2v) is 6.65. The van der Waals surface area contributed by atoms with Crippen LogP contribution in [0.5, 0.6) is 0 Å². The van der Waals surface area contributed by atoms with E-state index in [0.717, 1.165) is 23.1 Å². The minimum Gasteiger partial charge on any atom is -0.481 e. The lowest BCUT2D eigenvalue weighted by atomic mass is 10.2. The van der Waals surface area contributed by atoms with Gasteiger partial charge in [-0.15, -0.1) is 10.2 Å². The molecule has 0 bridgehead atoms. The number of halogens is 2. The molecule has 0 aliphatic rings. The largest absolute Gasteiger partial charge is 0.481 e. The van der Waals surface area contributed by atoms with E-state index in [1.165, 1.54) is 18.2 Å². The average Bonchev–Trinajstić information content (AvgIpc) is 2.87. The number of hydrogen-bond acceptors (Lipinski definition) is 6. The zero-order valence-corrected chi connectivity index (χ0v) is 13.3. The van der Waals surface area contributed by atoms with Crippen molar-refractivity contribution in [2.45, 2.75) is 4.34 Å². The summed E-state index contributed by atoms with van der Waals surface area (Å²) in [6.45, 7) is 0. The number of rotatable bonds is 5. The number of carboxylic acid groups (broad SMARTS) is 1. The molecule has 0 spiro atoms. The molecule has 6 nitrogen and oxygen atoms in total. The number of carboxylic acids is 1. The Morgan fingerprint density at radius 1 is 1.29 bits per heavy atom. The lowest BCUT2D eigenvalue weighted by Crippen LogP contribution is -2.11. The van der Waals surface area contributed by atoms with E-state index in [2.05, 4.69) is 15.5 Å². The van der Waals surface area contributed by atoms with Crippen molar-refractivity contribution >= 4 is 63.3 Å². The monoisotopic (exact) mass is 363 g/mol. The predicted octanol–water partition coefficient (Wildman–Crippen LogP) is 3.27. The van der Waals surface area contributed by atoms with E-state index in [1.54, 1.807) is 0 Å². The highest BCUT2D eigenvalue weighted by atomic mass is 35.5. The second-order valence-electron chi connectivity index (χ2n) is 3.64. The van der Waals surface area contributed by atoms with Gasteiger partial charge in [-0.25, -0.2) is 0 Å². The molecule has 0 fully saturated rings. The normalized spacial score (nSPS) is 10.4. The third kappa shape index (κ3) is 4.57. The number of amides is 1. The quantitative estimate of drug-likeness (QED) is 0.625. The fourth-order valence-corrected chi connectivity index (χ4v) is 3.01. The maximum Gasteiger partial charge on any atom is 0.313 e. The maximum absolute atomic E-state index is 12.0. The van der Waals surface area contributed by atoms with E-state index in [4.69, 9.17) is 28.3 Å². The Bertz CT molecular complexity index is 693. The zero-order valence-electron chi connectivity index (χ0n) is 10.2. The van der Waals surface area contributed by atoms with Crippen LogP contribution in [0.2, 0.25) is 10.0 Å². The third-order valence-corrected chi connectivity index (χ3v) is 4.82. The Morgan fingerprint density at radius 2 is 2.05 bits per heavy atom. The van der Waals surface area contributed by atoms with Gasteiger partial charge < -0.3 is 5.11 Å². The van der Waals surface area contributed by atoms with Gasteiger partial charge in [-0.05, 0) is 18.2 Å². The lowest BCUT2D eigenvalue weighted by molar-refractivity contribution is -0.133. The Morgan fingerprint density at radius 3 is 2.71 bits per heavy atom. The van der Waals surface area contributed by atoms with Gasteiger partial charge in [0.2, 0.25) is 5.13 Å². The first-order valence-corrected chi connectivity index (χ1v) is 7.96. The van der Waals surface area contributed by atoms with E-state index in [1.807, 2.05) is 0 Å². The van der Waals surface area contributed by atoms with E-state index in [9.17, 15) is 9.59 Å². The standard InChI is InChI=1S/C11H7Cl2N3O3S2/c12-6-2-1-5(3-7(6)13)9(19)14-10-15-16-11(21-10)20-4-8(17)18/h1-3H,4H2,(H,17,18)(H,14,15,19). The minimum absolute atomic E-state index is 0.116. The molecule has 0 saturated heterocycles. The Labute approximate surface area is 137 Å². The highest BCUT2D eigenvalue weighted by Gasteiger charge is 2.12. The van der Waals surface area contributed by atoms with Gasteiger partial charge in [0.05, 0.1) is 15.8 Å². The summed E-state index contributed by atoms with van der Waals surface area (Å²) in [5, 5.41) is 19.6. The van der Waals surface area contributed by atoms with Crippen molar-refractivity contribution in [1.29, 1.82) is 0 Å². The molecule has 1 heterocycles. The molecule has 0 unspecified atom stereocenters. The first-order chi connectivity index (χ1) is 9.95. The molecular formula is C11H7Cl2N3O3S2. The van der Waals surface area contributed by atoms with Crippen LogP contribution < -0.4 is 5.32 Å². The molecule has 1 amide bonds. The zero-order chi connectivity index (χ0) is 15.4. The number of nitrogens with one attached hydrogen (secondary N) is 1. The molecule has 0 aliphatic carbocycles. The third-order valence-electron chi connectivity index (χ3n) is 2.13. The average molecular weight is 364 g/mol. The van der Waals surface area contributed by atoms with Crippen molar-refractivity contribution < 1.29 is 14.7 Å². The van der Waals surface area contributed by atoms with Crippen LogP contribution in [-0.4, -0.2) is 32.9 Å². The number of carbonyl (C=O) groups is 2. The van der Waals surface area contributed by atoms with Gasteiger partial charge in [-0.3, -0.25) is 14.9 Å². The van der Waals surface area contributed by atoms with Crippen LogP contribution in [0.4, 0.5) is 5.13 Å². The van der Waals surface area contributed by atoms with Crippen LogP contribution in [0.3, 0.4) is 0 Å². The smallest absolute Gasteiger partial charge is 0.313 e. The lowest BCUT2D eigenvalue weighted by Gasteiger charge is -2.02. The van der Waals surface area contributed by atoms with E-state index >= 15 is 0 Å². The Kier molecular flexibility index (Phi) is 5.40.